The lowest BCUT2D eigenvalue weighted by Gasteiger charge is -1.98. The summed E-state index contributed by atoms with van der Waals surface area (Å²) < 4.78 is 4.49. The Kier molecular flexibility index (Phi) is 8.27. The van der Waals surface area contributed by atoms with Gasteiger partial charge in [-0.1, -0.05) is 25.1 Å². The Morgan fingerprint density at radius 3 is 2.22 bits per heavy atom. The number of Topliss-reactive ketones (excluding diaryl/α,β-unsaturated/α-hetero) is 1. The molecule has 0 aliphatic heterocycles. The van der Waals surface area contributed by atoms with Crippen LogP contribution >= 0.6 is 0 Å². The van der Waals surface area contributed by atoms with Crippen molar-refractivity contribution < 1.29 is 14.3 Å². The fraction of sp³-hybridized carbons (Fsp3) is 0.429. The van der Waals surface area contributed by atoms with Crippen LogP contribution in [0.4, 0.5) is 5.69 Å². The summed E-state index contributed by atoms with van der Waals surface area (Å²) in [4.78, 5) is 20.6. The highest BCUT2D eigenvalue weighted by Gasteiger charge is 2.03. The van der Waals surface area contributed by atoms with Crippen LogP contribution in [0.15, 0.2) is 24.3 Å². The first-order valence-electron chi connectivity index (χ1n) is 5.99. The molecule has 1 aromatic carbocycles. The second-order valence-corrected chi connectivity index (χ2v) is 3.74. The van der Waals surface area contributed by atoms with Crippen molar-refractivity contribution in [2.45, 2.75) is 33.6 Å². The topological polar surface area (TPSA) is 69.4 Å². The van der Waals surface area contributed by atoms with E-state index in [1.807, 2.05) is 18.2 Å². The SMILES string of the molecule is CCOC(=O)CC(C)=O.CCc1ccccc1N. The maximum atomic E-state index is 10.4. The fourth-order valence-electron chi connectivity index (χ4n) is 1.27. The fourth-order valence-corrected chi connectivity index (χ4v) is 1.27. The molecule has 0 aliphatic carbocycles. The molecule has 0 spiro atoms. The number of carbonyl (C=O) groups excluding carboxylic acids is 2. The van der Waals surface area contributed by atoms with Crippen molar-refractivity contribution in [3.05, 3.63) is 29.8 Å². The molecule has 1 aromatic rings. The van der Waals surface area contributed by atoms with E-state index in [2.05, 4.69) is 17.7 Å². The van der Waals surface area contributed by atoms with E-state index >= 15 is 0 Å². The molecule has 4 heteroatoms. The van der Waals surface area contributed by atoms with Gasteiger partial charge in [0.05, 0.1) is 6.61 Å². The number of hydrogen-bond donors (Lipinski definition) is 1. The molecule has 0 heterocycles. The molecule has 0 saturated heterocycles. The van der Waals surface area contributed by atoms with Crippen LogP contribution < -0.4 is 5.73 Å². The van der Waals surface area contributed by atoms with Gasteiger partial charge in [-0.15, -0.1) is 0 Å². The molecule has 4 nitrogen and oxygen atoms in total. The summed E-state index contributed by atoms with van der Waals surface area (Å²) in [5, 5.41) is 0. The van der Waals surface area contributed by atoms with E-state index in [4.69, 9.17) is 5.73 Å². The van der Waals surface area contributed by atoms with Gasteiger partial charge in [0.2, 0.25) is 0 Å². The van der Waals surface area contributed by atoms with Gasteiger partial charge in [-0.05, 0) is 31.9 Å². The van der Waals surface area contributed by atoms with Gasteiger partial charge in [0.1, 0.15) is 12.2 Å². The highest BCUT2D eigenvalue weighted by Crippen LogP contribution is 2.09. The third-order valence-corrected chi connectivity index (χ3v) is 2.13. The molecule has 0 bridgehead atoms. The minimum atomic E-state index is -0.440. The lowest BCUT2D eigenvalue weighted by Crippen LogP contribution is -2.07. The lowest BCUT2D eigenvalue weighted by atomic mass is 10.1. The Balaban J connectivity index is 0.000000321. The number of ether oxygens (including phenoxy) is 1. The largest absolute Gasteiger partial charge is 0.466 e. The van der Waals surface area contributed by atoms with Gasteiger partial charge in [0.25, 0.3) is 0 Å². The molecule has 2 N–H and O–H groups in total. The number of benzene rings is 1. The van der Waals surface area contributed by atoms with Gasteiger partial charge in [-0.25, -0.2) is 0 Å². The summed E-state index contributed by atoms with van der Waals surface area (Å²) in [6.45, 7) is 5.51. The van der Waals surface area contributed by atoms with Crippen LogP contribution in [0.1, 0.15) is 32.8 Å². The molecule has 0 aliphatic rings. The molecule has 100 valence electrons. The Morgan fingerprint density at radius 1 is 1.22 bits per heavy atom. The van der Waals surface area contributed by atoms with Gasteiger partial charge >= 0.3 is 5.97 Å². The summed E-state index contributed by atoms with van der Waals surface area (Å²) in [6, 6.07) is 7.94. The summed E-state index contributed by atoms with van der Waals surface area (Å²) in [5.74, 6) is -0.599. The van der Waals surface area contributed by atoms with E-state index in [9.17, 15) is 9.59 Å². The molecule has 0 amide bonds. The number of nitrogens with two attached hydrogens (primary N) is 1. The summed E-state index contributed by atoms with van der Waals surface area (Å²) in [5.41, 5.74) is 7.77. The van der Waals surface area contributed by atoms with Crippen molar-refractivity contribution in [2.75, 3.05) is 12.3 Å². The Morgan fingerprint density at radius 2 is 1.83 bits per heavy atom. The number of rotatable bonds is 4. The van der Waals surface area contributed by atoms with Crippen LogP contribution in [0.25, 0.3) is 0 Å². The van der Waals surface area contributed by atoms with Crippen LogP contribution in [0.3, 0.4) is 0 Å². The Bertz CT molecular complexity index is 388. The molecule has 0 aromatic heterocycles. The highest BCUT2D eigenvalue weighted by molar-refractivity contribution is 5.94. The lowest BCUT2D eigenvalue weighted by molar-refractivity contribution is -0.145. The van der Waals surface area contributed by atoms with Crippen molar-refractivity contribution in [1.82, 2.24) is 0 Å². The van der Waals surface area contributed by atoms with Gasteiger partial charge in [0.15, 0.2) is 0 Å². The van der Waals surface area contributed by atoms with Gasteiger partial charge in [0, 0.05) is 5.69 Å². The monoisotopic (exact) mass is 251 g/mol. The molecule has 0 radical (unpaired) electrons. The molecule has 0 saturated carbocycles. The third-order valence-electron chi connectivity index (χ3n) is 2.13. The van der Waals surface area contributed by atoms with Gasteiger partial charge < -0.3 is 10.5 Å². The third kappa shape index (κ3) is 7.44. The summed E-state index contributed by atoms with van der Waals surface area (Å²) in [6.07, 6.45) is 0.917. The van der Waals surface area contributed by atoms with E-state index in [0.717, 1.165) is 12.1 Å². The minimum absolute atomic E-state index is 0.103. The molecular weight excluding hydrogens is 230 g/mol. The van der Waals surface area contributed by atoms with E-state index in [1.165, 1.54) is 12.5 Å². The zero-order valence-corrected chi connectivity index (χ0v) is 11.2. The second-order valence-electron chi connectivity index (χ2n) is 3.74. The molecule has 0 fully saturated rings. The van der Waals surface area contributed by atoms with Crippen molar-refractivity contribution in [2.24, 2.45) is 0 Å². The van der Waals surface area contributed by atoms with Crippen molar-refractivity contribution in [3.63, 3.8) is 0 Å². The standard InChI is InChI=1S/C8H11N.C6H10O3/c1-2-7-5-3-4-6-8(7)9;1-3-9-6(8)4-5(2)7/h3-6H,2,9H2,1H3;3-4H2,1-2H3. The number of para-hydroxylation sites is 1. The Hall–Kier alpha value is -1.84. The summed E-state index contributed by atoms with van der Waals surface area (Å²) in [7, 11) is 0. The van der Waals surface area contributed by atoms with E-state index in [-0.39, 0.29) is 12.2 Å². The number of hydrogen-bond acceptors (Lipinski definition) is 4. The quantitative estimate of drug-likeness (QED) is 0.506. The zero-order valence-electron chi connectivity index (χ0n) is 11.2. The smallest absolute Gasteiger partial charge is 0.313 e. The molecular formula is C14H21NO3. The van der Waals surface area contributed by atoms with Crippen LogP contribution in [-0.2, 0) is 20.7 Å². The van der Waals surface area contributed by atoms with Crippen molar-refractivity contribution in [1.29, 1.82) is 0 Å². The average molecular weight is 251 g/mol. The van der Waals surface area contributed by atoms with Gasteiger partial charge in [-0.3, -0.25) is 9.59 Å². The van der Waals surface area contributed by atoms with Crippen molar-refractivity contribution in [3.8, 4) is 0 Å². The van der Waals surface area contributed by atoms with Crippen LogP contribution in [0, 0.1) is 0 Å². The minimum Gasteiger partial charge on any atom is -0.466 e. The first-order valence-corrected chi connectivity index (χ1v) is 5.99. The molecule has 0 unspecified atom stereocenters. The maximum absolute atomic E-state index is 10.4. The van der Waals surface area contributed by atoms with Crippen molar-refractivity contribution >= 4 is 17.4 Å². The number of carbonyl (C=O) groups is 2. The number of esters is 1. The maximum Gasteiger partial charge on any atom is 0.313 e. The Labute approximate surface area is 108 Å². The average Bonchev–Trinajstić information content (AvgIpc) is 2.30. The molecule has 18 heavy (non-hydrogen) atoms. The van der Waals surface area contributed by atoms with E-state index < -0.39 is 5.97 Å². The first kappa shape index (κ1) is 16.2. The van der Waals surface area contributed by atoms with Crippen LogP contribution in [0.2, 0.25) is 0 Å². The number of anilines is 1. The molecule has 0 atom stereocenters. The first-order chi connectivity index (χ1) is 8.51. The number of ketones is 1. The van der Waals surface area contributed by atoms with Crippen LogP contribution in [0.5, 0.6) is 0 Å². The van der Waals surface area contributed by atoms with E-state index in [0.29, 0.717) is 6.61 Å². The number of nitrogen functional groups attached to an aromatic ring is 1. The van der Waals surface area contributed by atoms with Gasteiger partial charge in [-0.2, -0.15) is 0 Å². The predicted octanol–water partition coefficient (Wildman–Crippen LogP) is 2.36. The predicted molar refractivity (Wildman–Crippen MR) is 72.2 cm³/mol. The highest BCUT2D eigenvalue weighted by atomic mass is 16.5. The zero-order chi connectivity index (χ0) is 14.0. The summed E-state index contributed by atoms with van der Waals surface area (Å²) >= 11 is 0. The van der Waals surface area contributed by atoms with Crippen LogP contribution in [-0.4, -0.2) is 18.4 Å². The normalized spacial score (nSPS) is 9.06. The van der Waals surface area contributed by atoms with E-state index in [1.54, 1.807) is 6.92 Å². The molecule has 1 rings (SSSR count). The second kappa shape index (κ2) is 9.22. The number of aryl methyl sites for hydroxylation is 1.